The Morgan fingerprint density at radius 1 is 1.39 bits per heavy atom. The summed E-state index contributed by atoms with van der Waals surface area (Å²) in [6, 6.07) is 0.294. The van der Waals surface area contributed by atoms with E-state index >= 15 is 0 Å². The first-order valence-electron chi connectivity index (χ1n) is 5.35. The van der Waals surface area contributed by atoms with Crippen molar-refractivity contribution < 1.29 is 8.42 Å². The van der Waals surface area contributed by atoms with Crippen LogP contribution in [0, 0.1) is 0 Å². The number of rotatable bonds is 4. The fourth-order valence-corrected chi connectivity index (χ4v) is 2.33. The second-order valence-electron chi connectivity index (χ2n) is 4.21. The SMILES string of the molecule is CC(C)n1cncc1Cn1cnc(S(=O)(=O)Cl)c1. The summed E-state index contributed by atoms with van der Waals surface area (Å²) in [5.41, 5.74) is 0.973. The zero-order valence-corrected chi connectivity index (χ0v) is 11.6. The van der Waals surface area contributed by atoms with Gasteiger partial charge in [-0.2, -0.15) is 0 Å². The molecular weight excluding hydrogens is 276 g/mol. The minimum atomic E-state index is -3.77. The second-order valence-corrected chi connectivity index (χ2v) is 6.72. The number of aromatic nitrogens is 4. The Morgan fingerprint density at radius 2 is 2.11 bits per heavy atom. The highest BCUT2D eigenvalue weighted by molar-refractivity contribution is 8.13. The van der Waals surface area contributed by atoms with E-state index in [-0.39, 0.29) is 5.03 Å². The minimum Gasteiger partial charge on any atom is -0.330 e. The molecule has 0 N–H and O–H groups in total. The molecule has 2 rings (SSSR count). The van der Waals surface area contributed by atoms with Gasteiger partial charge >= 0.3 is 0 Å². The van der Waals surface area contributed by atoms with Crippen LogP contribution in [-0.2, 0) is 15.6 Å². The molecule has 0 amide bonds. The van der Waals surface area contributed by atoms with Crippen molar-refractivity contribution in [3.05, 3.63) is 30.7 Å². The van der Waals surface area contributed by atoms with E-state index in [0.717, 1.165) is 5.69 Å². The first-order valence-corrected chi connectivity index (χ1v) is 7.66. The number of nitrogens with zero attached hydrogens (tertiary/aromatic N) is 4. The second kappa shape index (κ2) is 4.74. The van der Waals surface area contributed by atoms with Crippen LogP contribution in [0.15, 0.2) is 30.1 Å². The van der Waals surface area contributed by atoms with Crippen molar-refractivity contribution in [2.75, 3.05) is 0 Å². The van der Waals surface area contributed by atoms with Crippen LogP contribution in [0.1, 0.15) is 25.6 Å². The zero-order chi connectivity index (χ0) is 13.3. The Labute approximate surface area is 110 Å². The summed E-state index contributed by atoms with van der Waals surface area (Å²) in [4.78, 5) is 7.84. The molecule has 0 aliphatic carbocycles. The molecule has 0 aliphatic heterocycles. The van der Waals surface area contributed by atoms with Gasteiger partial charge in [-0.05, 0) is 13.8 Å². The fourth-order valence-electron chi connectivity index (χ4n) is 1.66. The normalized spacial score (nSPS) is 12.2. The summed E-state index contributed by atoms with van der Waals surface area (Å²) in [5.74, 6) is 0. The highest BCUT2D eigenvalue weighted by Crippen LogP contribution is 2.14. The van der Waals surface area contributed by atoms with Crippen LogP contribution in [0.2, 0.25) is 0 Å². The van der Waals surface area contributed by atoms with E-state index in [1.54, 1.807) is 17.1 Å². The van der Waals surface area contributed by atoms with Crippen molar-refractivity contribution in [1.29, 1.82) is 0 Å². The van der Waals surface area contributed by atoms with Crippen LogP contribution in [0.25, 0.3) is 0 Å². The van der Waals surface area contributed by atoms with Crippen molar-refractivity contribution >= 4 is 19.7 Å². The predicted octanol–water partition coefficient (Wildman–Crippen LogP) is 1.64. The summed E-state index contributed by atoms with van der Waals surface area (Å²) < 4.78 is 25.9. The molecule has 0 saturated carbocycles. The van der Waals surface area contributed by atoms with Gasteiger partial charge in [0.15, 0.2) is 5.03 Å². The highest BCUT2D eigenvalue weighted by atomic mass is 35.7. The Hall–Kier alpha value is -1.34. The van der Waals surface area contributed by atoms with Gasteiger partial charge < -0.3 is 9.13 Å². The lowest BCUT2D eigenvalue weighted by Crippen LogP contribution is -2.07. The van der Waals surface area contributed by atoms with Gasteiger partial charge in [-0.1, -0.05) is 0 Å². The maximum Gasteiger partial charge on any atom is 0.280 e. The molecule has 0 atom stereocenters. The van der Waals surface area contributed by atoms with Crippen molar-refractivity contribution in [2.24, 2.45) is 0 Å². The van der Waals surface area contributed by atoms with Crippen LogP contribution in [-0.4, -0.2) is 27.5 Å². The maximum atomic E-state index is 11.1. The lowest BCUT2D eigenvalue weighted by atomic mass is 10.3. The topological polar surface area (TPSA) is 69.8 Å². The Bertz CT molecular complexity index is 644. The first-order chi connectivity index (χ1) is 8.38. The van der Waals surface area contributed by atoms with Gasteiger partial charge in [-0.3, -0.25) is 0 Å². The largest absolute Gasteiger partial charge is 0.330 e. The van der Waals surface area contributed by atoms with E-state index in [1.807, 2.05) is 18.4 Å². The molecule has 2 aromatic heterocycles. The summed E-state index contributed by atoms with van der Waals surface area (Å²) in [6.07, 6.45) is 6.33. The van der Waals surface area contributed by atoms with Gasteiger partial charge in [0.25, 0.3) is 9.05 Å². The third kappa shape index (κ3) is 2.73. The summed E-state index contributed by atoms with van der Waals surface area (Å²) in [5, 5.41) is -0.139. The van der Waals surface area contributed by atoms with Gasteiger partial charge in [-0.25, -0.2) is 18.4 Å². The average molecular weight is 289 g/mol. The smallest absolute Gasteiger partial charge is 0.280 e. The molecule has 0 radical (unpaired) electrons. The zero-order valence-electron chi connectivity index (χ0n) is 9.99. The number of hydrogen-bond donors (Lipinski definition) is 0. The molecule has 0 saturated heterocycles. The molecule has 2 aromatic rings. The molecule has 0 bridgehead atoms. The van der Waals surface area contributed by atoms with Gasteiger partial charge in [0.1, 0.15) is 0 Å². The molecule has 0 unspecified atom stereocenters. The van der Waals surface area contributed by atoms with Gasteiger partial charge in [0.2, 0.25) is 0 Å². The monoisotopic (exact) mass is 288 g/mol. The molecule has 8 heteroatoms. The van der Waals surface area contributed by atoms with Gasteiger partial charge in [0.05, 0.1) is 24.9 Å². The van der Waals surface area contributed by atoms with Crippen LogP contribution in [0.3, 0.4) is 0 Å². The van der Waals surface area contributed by atoms with Crippen molar-refractivity contribution in [3.63, 3.8) is 0 Å². The third-order valence-corrected chi connectivity index (χ3v) is 3.69. The molecule has 0 fully saturated rings. The maximum absolute atomic E-state index is 11.1. The van der Waals surface area contributed by atoms with E-state index in [1.165, 1.54) is 12.5 Å². The fraction of sp³-hybridized carbons (Fsp3) is 0.400. The van der Waals surface area contributed by atoms with E-state index in [4.69, 9.17) is 10.7 Å². The summed E-state index contributed by atoms with van der Waals surface area (Å²) in [6.45, 7) is 4.60. The molecule has 2 heterocycles. The lowest BCUT2D eigenvalue weighted by molar-refractivity contribution is 0.561. The lowest BCUT2D eigenvalue weighted by Gasteiger charge is -2.11. The molecular formula is C10H13ClN4O2S. The highest BCUT2D eigenvalue weighted by Gasteiger charge is 2.14. The Morgan fingerprint density at radius 3 is 2.67 bits per heavy atom. The van der Waals surface area contributed by atoms with E-state index in [9.17, 15) is 8.42 Å². The minimum absolute atomic E-state index is 0.139. The van der Waals surface area contributed by atoms with Crippen LogP contribution >= 0.6 is 10.7 Å². The van der Waals surface area contributed by atoms with Crippen LogP contribution in [0.4, 0.5) is 0 Å². The molecule has 0 aliphatic rings. The first kappa shape index (κ1) is 13.1. The quantitative estimate of drug-likeness (QED) is 0.802. The molecule has 98 valence electrons. The average Bonchev–Trinajstić information content (AvgIpc) is 2.85. The van der Waals surface area contributed by atoms with E-state index in [2.05, 4.69) is 9.97 Å². The summed E-state index contributed by atoms with van der Waals surface area (Å²) >= 11 is 0. The number of imidazole rings is 2. The molecule has 6 nitrogen and oxygen atoms in total. The third-order valence-electron chi connectivity index (χ3n) is 2.51. The standard InChI is InChI=1S/C10H13ClN4O2S/c1-8(2)15-6-12-3-9(15)4-14-5-10(13-7-14)18(11,16)17/h3,5-8H,4H2,1-2H3. The Balaban J connectivity index is 2.24. The molecule has 18 heavy (non-hydrogen) atoms. The molecule has 0 aromatic carbocycles. The van der Waals surface area contributed by atoms with E-state index < -0.39 is 9.05 Å². The van der Waals surface area contributed by atoms with Crippen molar-refractivity contribution in [1.82, 2.24) is 19.1 Å². The van der Waals surface area contributed by atoms with Crippen LogP contribution in [0.5, 0.6) is 0 Å². The number of hydrogen-bond acceptors (Lipinski definition) is 4. The van der Waals surface area contributed by atoms with Crippen molar-refractivity contribution in [3.8, 4) is 0 Å². The van der Waals surface area contributed by atoms with E-state index in [0.29, 0.717) is 12.6 Å². The van der Waals surface area contributed by atoms with Crippen LogP contribution < -0.4 is 0 Å². The van der Waals surface area contributed by atoms with Gasteiger partial charge in [0, 0.05) is 29.1 Å². The predicted molar refractivity (Wildman–Crippen MR) is 67.0 cm³/mol. The summed E-state index contributed by atoms with van der Waals surface area (Å²) in [7, 11) is 1.44. The van der Waals surface area contributed by atoms with Gasteiger partial charge in [-0.15, -0.1) is 0 Å². The van der Waals surface area contributed by atoms with Crippen molar-refractivity contribution in [2.45, 2.75) is 31.5 Å². The number of halogens is 1. The Kier molecular flexibility index (Phi) is 3.45. The molecule has 0 spiro atoms.